The van der Waals surface area contributed by atoms with E-state index in [4.69, 9.17) is 59.6 Å². The van der Waals surface area contributed by atoms with Crippen LogP contribution in [0, 0.1) is 5.41 Å². The van der Waals surface area contributed by atoms with E-state index in [9.17, 15) is 0 Å². The summed E-state index contributed by atoms with van der Waals surface area (Å²) in [7, 11) is -10.4. The number of aliphatic hydroxyl groups is 4. The molecule has 0 unspecified atom stereocenters. The van der Waals surface area contributed by atoms with Crippen LogP contribution in [0.4, 0.5) is 0 Å². The second-order valence-electron chi connectivity index (χ2n) is 3.31. The summed E-state index contributed by atoms with van der Waals surface area (Å²) in [6.45, 7) is -1.62. The van der Waals surface area contributed by atoms with Crippen LogP contribution in [-0.4, -0.2) is 86.0 Å². The Bertz CT molecular complexity index is 194. The van der Waals surface area contributed by atoms with Crippen LogP contribution in [0.2, 0.25) is 0 Å². The average molecular weight is 428 g/mol. The molecule has 144 valence electrons. The highest BCUT2D eigenvalue weighted by atomic mass is 31.2. The summed E-state index contributed by atoms with van der Waals surface area (Å²) in [4.78, 5) is 62.5. The first kappa shape index (κ1) is 28.9. The van der Waals surface area contributed by atoms with Gasteiger partial charge in [-0.05, 0) is 0 Å². The van der Waals surface area contributed by atoms with Crippen molar-refractivity contribution in [3.63, 3.8) is 0 Å². The third kappa shape index (κ3) is 23.2. The van der Waals surface area contributed by atoms with E-state index in [0.717, 1.165) is 0 Å². The normalized spacial score (nSPS) is 11.5. The molecule has 0 heterocycles. The van der Waals surface area contributed by atoms with Gasteiger partial charge >= 0.3 is 34.4 Å². The minimum atomic E-state index is -2.61. The zero-order valence-corrected chi connectivity index (χ0v) is 14.9. The first-order valence-electron chi connectivity index (χ1n) is 5.01. The average Bonchev–Trinajstić information content (AvgIpc) is 2.40. The predicted molar refractivity (Wildman–Crippen MR) is 78.4 cm³/mol. The lowest BCUT2D eigenvalue weighted by Gasteiger charge is -2.23. The van der Waals surface area contributed by atoms with Crippen molar-refractivity contribution in [1.29, 1.82) is 0 Å². The van der Waals surface area contributed by atoms with Crippen LogP contribution in [0.1, 0.15) is 0 Å². The van der Waals surface area contributed by atoms with Crippen LogP contribution in [0.5, 0.6) is 0 Å². The molecule has 0 atom stereocenters. The molecule has 0 amide bonds. The highest BCUT2D eigenvalue weighted by molar-refractivity contribution is 7.53. The molecule has 0 saturated carbocycles. The number of hydrogen-bond acceptors (Lipinski definition) is 14. The van der Waals surface area contributed by atoms with E-state index in [0.29, 0.717) is 0 Å². The molecule has 0 rings (SSSR count). The molecule has 12 N–H and O–H groups in total. The van der Waals surface area contributed by atoms with Gasteiger partial charge in [-0.15, -0.1) is 0 Å². The molecule has 0 aliphatic rings. The molecule has 0 aromatic carbocycles. The first-order valence-corrected chi connectivity index (χ1v) is 9.67. The van der Waals surface area contributed by atoms with Gasteiger partial charge in [0.15, 0.2) is 0 Å². The molecule has 0 radical (unpaired) electrons. The van der Waals surface area contributed by atoms with Gasteiger partial charge in [0.05, 0.1) is 31.8 Å². The van der Waals surface area contributed by atoms with Gasteiger partial charge in [0.1, 0.15) is 0 Å². The second kappa shape index (κ2) is 18.0. The molecule has 23 heavy (non-hydrogen) atoms. The fraction of sp³-hybridized carbons (Fsp3) is 1.00. The Balaban J connectivity index is -0.000000264. The Morgan fingerprint density at radius 2 is 0.652 bits per heavy atom. The van der Waals surface area contributed by atoms with Crippen molar-refractivity contribution in [1.82, 2.24) is 0 Å². The highest BCUT2D eigenvalue weighted by Crippen LogP contribution is 2.42. The Hall–Kier alpha value is 1.16. The van der Waals surface area contributed by atoms with Gasteiger partial charge in [-0.2, -0.15) is 0 Å². The van der Waals surface area contributed by atoms with Crippen molar-refractivity contribution in [2.24, 2.45) is 5.41 Å². The molecule has 0 spiro atoms. The van der Waals surface area contributed by atoms with Crippen molar-refractivity contribution in [2.45, 2.75) is 0 Å². The summed E-state index contributed by atoms with van der Waals surface area (Å²) in [6, 6.07) is 0. The maximum absolute atomic E-state index is 8.50. The van der Waals surface area contributed by atoms with Crippen LogP contribution < -0.4 is 0 Å². The summed E-state index contributed by atoms with van der Waals surface area (Å²) in [6.07, 6.45) is 0. The molecule has 0 bridgehead atoms. The summed E-state index contributed by atoms with van der Waals surface area (Å²) in [5.41, 5.74) is -1.11. The minimum absolute atomic E-state index is 0.406. The van der Waals surface area contributed by atoms with Crippen LogP contribution in [0.15, 0.2) is 0 Å². The molecule has 0 aliphatic carbocycles. The molecular weight excluding hydrogens is 408 g/mol. The topological polar surface area (TPSA) is 261 Å². The Morgan fingerprint density at radius 1 is 0.478 bits per heavy atom. The largest absolute Gasteiger partial charge is 0.396 e. The van der Waals surface area contributed by atoms with Gasteiger partial charge in [0, 0.05) is 0 Å². The zero-order chi connectivity index (χ0) is 19.1. The minimum Gasteiger partial charge on any atom is -0.396 e. The van der Waals surface area contributed by atoms with Gasteiger partial charge < -0.3 is 59.6 Å². The van der Waals surface area contributed by atoms with Crippen molar-refractivity contribution in [3.8, 4) is 0 Å². The van der Waals surface area contributed by atoms with E-state index < -0.39 is 66.3 Å². The lowest BCUT2D eigenvalue weighted by molar-refractivity contribution is -0.0328. The van der Waals surface area contributed by atoms with Crippen LogP contribution in [0.3, 0.4) is 0 Å². The van der Waals surface area contributed by atoms with Crippen molar-refractivity contribution in [3.05, 3.63) is 0 Å². The van der Waals surface area contributed by atoms with E-state index in [1.54, 1.807) is 0 Å². The molecule has 14 nitrogen and oxygen atoms in total. The Morgan fingerprint density at radius 3 is 0.652 bits per heavy atom. The number of rotatable bonds is 8. The van der Waals surface area contributed by atoms with Gasteiger partial charge in [0.2, 0.25) is 0 Å². The smallest absolute Gasteiger partial charge is 0.334 e. The third-order valence-electron chi connectivity index (χ3n) is 1.63. The van der Waals surface area contributed by atoms with E-state index in [1.807, 2.05) is 0 Å². The van der Waals surface area contributed by atoms with Gasteiger partial charge in [0.25, 0.3) is 0 Å². The lowest BCUT2D eigenvalue weighted by Crippen LogP contribution is -2.37. The molecule has 0 aromatic heterocycles. The maximum Gasteiger partial charge on any atom is 0.334 e. The zero-order valence-electron chi connectivity index (χ0n) is 11.3. The monoisotopic (exact) mass is 428 g/mol. The molecule has 0 aliphatic heterocycles. The fourth-order valence-electron chi connectivity index (χ4n) is 0.431. The predicted octanol–water partition coefficient (Wildman–Crippen LogP) is -3.21. The fourth-order valence-corrected chi connectivity index (χ4v) is 1.48. The standard InChI is InChI=1S/C5H12O4.2H4O5P2/c6-1-5(2-7,3-8)4-9;2*1-6(2)5-7(3)4/h6-9H,1-4H2;2*1-4H. The first-order chi connectivity index (χ1) is 10.5. The lowest BCUT2D eigenvalue weighted by atomic mass is 9.93. The molecule has 0 saturated heterocycles. The number of hydrogen-bond donors (Lipinski definition) is 12. The Kier molecular flexibility index (Phi) is 22.6. The van der Waals surface area contributed by atoms with Crippen molar-refractivity contribution >= 4 is 34.4 Å². The van der Waals surface area contributed by atoms with Crippen molar-refractivity contribution in [2.75, 3.05) is 26.4 Å². The van der Waals surface area contributed by atoms with E-state index in [2.05, 4.69) is 8.62 Å². The quantitative estimate of drug-likeness (QED) is 0.170. The second-order valence-corrected chi connectivity index (χ2v) is 6.64. The van der Waals surface area contributed by atoms with E-state index in [-0.39, 0.29) is 0 Å². The Labute approximate surface area is 135 Å². The van der Waals surface area contributed by atoms with Gasteiger partial charge in [-0.25, -0.2) is 8.62 Å². The molecule has 0 fully saturated rings. The molecule has 18 heteroatoms. The highest BCUT2D eigenvalue weighted by Gasteiger charge is 2.26. The van der Waals surface area contributed by atoms with Gasteiger partial charge in [-0.1, -0.05) is 0 Å². The summed E-state index contributed by atoms with van der Waals surface area (Å²) >= 11 is 0. The SMILES string of the molecule is OCC(CO)(CO)CO.OP(O)OP(O)O.OP(O)OP(O)O. The molecule has 0 aromatic rings. The van der Waals surface area contributed by atoms with E-state index >= 15 is 0 Å². The third-order valence-corrected chi connectivity index (χ3v) is 3.97. The van der Waals surface area contributed by atoms with Crippen LogP contribution in [-0.2, 0) is 8.62 Å². The number of aliphatic hydroxyl groups excluding tert-OH is 4. The maximum atomic E-state index is 8.50. The van der Waals surface area contributed by atoms with Crippen LogP contribution >= 0.6 is 34.4 Å². The summed E-state index contributed by atoms with van der Waals surface area (Å²) in [5.74, 6) is 0. The summed E-state index contributed by atoms with van der Waals surface area (Å²) in [5, 5.41) is 34.0. The van der Waals surface area contributed by atoms with E-state index in [1.165, 1.54) is 0 Å². The van der Waals surface area contributed by atoms with Crippen LogP contribution in [0.25, 0.3) is 0 Å². The molecular formula is C5H20O14P4. The summed E-state index contributed by atoms with van der Waals surface area (Å²) < 4.78 is 7.20. The van der Waals surface area contributed by atoms with Gasteiger partial charge in [-0.3, -0.25) is 0 Å². The van der Waals surface area contributed by atoms with Crippen molar-refractivity contribution < 1.29 is 68.2 Å².